The minimum Gasteiger partial charge on any atom is -0.351 e. The van der Waals surface area contributed by atoms with Gasteiger partial charge in [-0.05, 0) is 168 Å². The Morgan fingerprint density at radius 1 is 0.243 bits per heavy atom. The number of fused-ring (bicyclic) bond motifs is 25. The summed E-state index contributed by atoms with van der Waals surface area (Å²) in [5.74, 6) is 5.41. The molecule has 0 spiro atoms. The first-order valence-electron chi connectivity index (χ1n) is 37.4. The molecule has 0 radical (unpaired) electrons. The highest BCUT2D eigenvalue weighted by Gasteiger charge is 2.47. The van der Waals surface area contributed by atoms with Gasteiger partial charge in [0.2, 0.25) is 0 Å². The highest BCUT2D eigenvalue weighted by molar-refractivity contribution is 5.91. The molecule has 8 aromatic carbocycles. The molecule has 10 aliphatic heterocycles. The summed E-state index contributed by atoms with van der Waals surface area (Å²) in [6, 6.07) is 84.4. The van der Waals surface area contributed by atoms with Crippen LogP contribution >= 0.6 is 0 Å². The van der Waals surface area contributed by atoms with Gasteiger partial charge in [0.1, 0.15) is 30.8 Å². The molecule has 5 unspecified atom stereocenters. The molecule has 13 aromatic rings. The maximum atomic E-state index is 5.00. The second-order valence-corrected chi connectivity index (χ2v) is 29.9. The summed E-state index contributed by atoms with van der Waals surface area (Å²) in [4.78, 5) is 47.2. The van der Waals surface area contributed by atoms with E-state index in [0.29, 0.717) is 30.8 Å². The largest absolute Gasteiger partial charge is 0.351 e. The van der Waals surface area contributed by atoms with Crippen molar-refractivity contribution >= 4 is 86.0 Å². The van der Waals surface area contributed by atoms with Crippen LogP contribution in [0.2, 0.25) is 0 Å². The van der Waals surface area contributed by atoms with E-state index in [1.54, 1.807) is 0 Å². The van der Waals surface area contributed by atoms with Gasteiger partial charge in [0.05, 0.1) is 34.1 Å². The summed E-state index contributed by atoms with van der Waals surface area (Å²) in [7, 11) is 10.8. The van der Waals surface area contributed by atoms with Crippen molar-refractivity contribution in [1.82, 2.24) is 24.9 Å². The first-order valence-corrected chi connectivity index (χ1v) is 37.4. The lowest BCUT2D eigenvalue weighted by atomic mass is 10.0. The fourth-order valence-electron chi connectivity index (χ4n) is 17.9. The molecule has 5 atom stereocenters. The SMILES string of the molecule is CN1c2ccc(-c3ccccc3)nc2N2c3ccccc3CC12.CN1c2cccnc2N2c3cc(-c4ccccc4)ccc3CC12.CN1c2cccnc2N2c3cc(-c4ccccc4)ccc3CC12.Cc1ccc2c(c1)CC1N(C)c3cc(C)cnc3N21.Cc1ccc2c(c1)CC1N(C)c3cc(C)cnc3N21. The number of likely N-dealkylation sites (N-methyl/N-ethyl adjacent to an activating group) is 5. The third kappa shape index (κ3) is 10.9. The molecule has 15 heteroatoms. The van der Waals surface area contributed by atoms with Gasteiger partial charge < -0.3 is 49.0 Å². The molecule has 0 aliphatic carbocycles. The van der Waals surface area contributed by atoms with Crippen LogP contribution in [-0.2, 0) is 32.1 Å². The van der Waals surface area contributed by atoms with Crippen molar-refractivity contribution in [1.29, 1.82) is 0 Å². The molecule has 0 saturated heterocycles. The second-order valence-electron chi connectivity index (χ2n) is 29.9. The molecule has 0 N–H and O–H groups in total. The highest BCUT2D eigenvalue weighted by Crippen LogP contribution is 2.54. The minimum atomic E-state index is 0.348. The fraction of sp³-hybridized carbons (Fsp3) is 0.207. The highest BCUT2D eigenvalue weighted by atomic mass is 15.5. The normalized spacial score (nSPS) is 18.4. The van der Waals surface area contributed by atoms with Crippen LogP contribution in [0, 0.1) is 27.7 Å². The number of pyridine rings is 5. The summed E-state index contributed by atoms with van der Waals surface area (Å²) < 4.78 is 0. The van der Waals surface area contributed by atoms with Crippen LogP contribution in [0.1, 0.15) is 50.1 Å². The Morgan fingerprint density at radius 2 is 0.589 bits per heavy atom. The van der Waals surface area contributed by atoms with E-state index in [1.165, 1.54) is 129 Å². The first-order chi connectivity index (χ1) is 52.3. The second kappa shape index (κ2) is 26.0. The lowest BCUT2D eigenvalue weighted by Gasteiger charge is -2.23. The Hall–Kier alpha value is -12.5. The van der Waals surface area contributed by atoms with E-state index in [-0.39, 0.29) is 0 Å². The van der Waals surface area contributed by atoms with Gasteiger partial charge in [-0.2, -0.15) is 0 Å². The van der Waals surface area contributed by atoms with Gasteiger partial charge in [-0.15, -0.1) is 0 Å². The molecule has 107 heavy (non-hydrogen) atoms. The Balaban J connectivity index is 0.0000000915. The lowest BCUT2D eigenvalue weighted by molar-refractivity contribution is 0.701. The van der Waals surface area contributed by atoms with Crippen LogP contribution in [-0.4, -0.2) is 91.0 Å². The van der Waals surface area contributed by atoms with E-state index < -0.39 is 0 Å². The Bertz CT molecular complexity index is 5350. The van der Waals surface area contributed by atoms with Gasteiger partial charge in [0.25, 0.3) is 0 Å². The first kappa shape index (κ1) is 65.3. The van der Waals surface area contributed by atoms with E-state index in [4.69, 9.17) is 4.98 Å². The number of anilines is 15. The molecule has 23 rings (SSSR count). The fourth-order valence-corrected chi connectivity index (χ4v) is 17.9. The molecule has 15 heterocycles. The summed E-state index contributed by atoms with van der Waals surface area (Å²) in [5.41, 5.74) is 32.1. The van der Waals surface area contributed by atoms with Gasteiger partial charge in [0, 0.05) is 126 Å². The van der Waals surface area contributed by atoms with Crippen LogP contribution in [0.3, 0.4) is 0 Å². The maximum Gasteiger partial charge on any atom is 0.159 e. The Morgan fingerprint density at radius 3 is 1.06 bits per heavy atom. The number of hydrogen-bond acceptors (Lipinski definition) is 15. The average Bonchev–Trinajstić information content (AvgIpc) is 1.61. The Kier molecular flexibility index (Phi) is 15.9. The molecule has 0 amide bonds. The molecular weight excluding hydrogens is 1320 g/mol. The van der Waals surface area contributed by atoms with Gasteiger partial charge in [-0.3, -0.25) is 0 Å². The van der Waals surface area contributed by atoms with E-state index >= 15 is 0 Å². The predicted octanol–water partition coefficient (Wildman–Crippen LogP) is 19.0. The number of para-hydroxylation sites is 1. The van der Waals surface area contributed by atoms with Crippen LogP contribution in [0.15, 0.2) is 261 Å². The summed E-state index contributed by atoms with van der Waals surface area (Å²) in [6.07, 6.45) is 14.8. The molecule has 15 nitrogen and oxygen atoms in total. The minimum absolute atomic E-state index is 0.348. The number of nitrogens with zero attached hydrogens (tertiary/aromatic N) is 15. The number of benzene rings is 8. The number of aromatic nitrogens is 5. The van der Waals surface area contributed by atoms with Crippen LogP contribution in [0.5, 0.6) is 0 Å². The molecular formula is C92H85N15. The summed E-state index contributed by atoms with van der Waals surface area (Å²) in [6.45, 7) is 8.51. The molecule has 5 aromatic heterocycles. The van der Waals surface area contributed by atoms with E-state index in [1.807, 2.05) is 43.0 Å². The van der Waals surface area contributed by atoms with Crippen molar-refractivity contribution in [2.24, 2.45) is 0 Å². The summed E-state index contributed by atoms with van der Waals surface area (Å²) in [5, 5.41) is 0. The van der Waals surface area contributed by atoms with Gasteiger partial charge in [-0.1, -0.05) is 169 Å². The quantitative estimate of drug-likeness (QED) is 0.168. The number of aryl methyl sites for hydroxylation is 4. The topological polar surface area (TPSA) is 96.8 Å². The van der Waals surface area contributed by atoms with Crippen molar-refractivity contribution < 1.29 is 0 Å². The van der Waals surface area contributed by atoms with Crippen LogP contribution in [0.4, 0.5) is 86.0 Å². The maximum absolute atomic E-state index is 5.00. The van der Waals surface area contributed by atoms with Crippen LogP contribution in [0.25, 0.3) is 33.5 Å². The average molecular weight is 1400 g/mol. The van der Waals surface area contributed by atoms with Gasteiger partial charge in [0.15, 0.2) is 29.1 Å². The molecule has 528 valence electrons. The standard InChI is InChI=1S/3C20H17N3.2C16H17N3/c1-22-18-12-11-16(14-7-3-2-4-8-14)21-20(18)23-17-10-6-5-9-15(17)13-19(22)23;2*1-22-17-8-5-11-21-20(17)23-18-12-15(14-6-3-2-4-7-14)9-10-16(18)13-19(22)23;2*1-10-4-5-13-12(6-10)8-15-18(3)14-7-11(2)9-17-16(14)19(13)15/h3*2-12,19H,13H2,1H3;2*4-7,9,15H,8H2,1-3H3. The number of hydrogen-bond donors (Lipinski definition) is 0. The monoisotopic (exact) mass is 1400 g/mol. The third-order valence-corrected chi connectivity index (χ3v) is 23.3. The smallest absolute Gasteiger partial charge is 0.159 e. The number of rotatable bonds is 3. The van der Waals surface area contributed by atoms with Crippen molar-refractivity contribution in [3.8, 4) is 33.5 Å². The van der Waals surface area contributed by atoms with Crippen molar-refractivity contribution in [2.45, 2.75) is 90.6 Å². The van der Waals surface area contributed by atoms with Gasteiger partial charge in [-0.25, -0.2) is 24.9 Å². The molecule has 0 bridgehead atoms. The zero-order valence-electron chi connectivity index (χ0n) is 62.0. The predicted molar refractivity (Wildman–Crippen MR) is 439 cm³/mol. The lowest BCUT2D eigenvalue weighted by Crippen LogP contribution is -2.36. The third-order valence-electron chi connectivity index (χ3n) is 23.3. The zero-order valence-corrected chi connectivity index (χ0v) is 62.0. The van der Waals surface area contributed by atoms with Crippen molar-refractivity contribution in [3.05, 3.63) is 311 Å². The molecule has 10 aliphatic rings. The summed E-state index contributed by atoms with van der Waals surface area (Å²) >= 11 is 0. The Labute approximate surface area is 627 Å². The van der Waals surface area contributed by atoms with Crippen molar-refractivity contribution in [2.75, 3.05) is 84.2 Å². The molecule has 0 saturated carbocycles. The van der Waals surface area contributed by atoms with E-state index in [0.717, 1.165) is 72.5 Å². The van der Waals surface area contributed by atoms with Crippen LogP contribution < -0.4 is 49.0 Å². The van der Waals surface area contributed by atoms with E-state index in [9.17, 15) is 0 Å². The van der Waals surface area contributed by atoms with Gasteiger partial charge >= 0.3 is 0 Å². The molecule has 0 fully saturated rings. The zero-order chi connectivity index (χ0) is 72.5. The van der Waals surface area contributed by atoms with E-state index in [2.05, 4.69) is 350 Å². The van der Waals surface area contributed by atoms with Crippen molar-refractivity contribution in [3.63, 3.8) is 0 Å².